The van der Waals surface area contributed by atoms with Crippen LogP contribution in [0.4, 0.5) is 0 Å². The fourth-order valence-corrected chi connectivity index (χ4v) is 3.66. The molecule has 7 nitrogen and oxygen atoms in total. The monoisotopic (exact) mass is 372 g/mol. The van der Waals surface area contributed by atoms with Gasteiger partial charge in [0.05, 0.1) is 19.2 Å². The summed E-state index contributed by atoms with van der Waals surface area (Å²) in [6.45, 7) is 1.61. The van der Waals surface area contributed by atoms with Gasteiger partial charge in [-0.1, -0.05) is 0 Å². The molecule has 0 radical (unpaired) electrons. The van der Waals surface area contributed by atoms with Crippen molar-refractivity contribution in [1.29, 1.82) is 0 Å². The lowest BCUT2D eigenvalue weighted by Crippen LogP contribution is -2.35. The molecular formula is C20H24N2O5. The quantitative estimate of drug-likeness (QED) is 0.753. The van der Waals surface area contributed by atoms with Gasteiger partial charge in [0.25, 0.3) is 11.5 Å². The highest BCUT2D eigenvalue weighted by atomic mass is 16.5. The number of carbonyl (C=O) groups excluding carboxylic acids is 1. The molecule has 1 saturated carbocycles. The van der Waals surface area contributed by atoms with Gasteiger partial charge in [-0.3, -0.25) is 9.59 Å². The number of nitrogens with zero attached hydrogens (tertiary/aromatic N) is 1. The number of nitrogens with one attached hydrogen (secondary N) is 1. The van der Waals surface area contributed by atoms with Gasteiger partial charge in [0.1, 0.15) is 5.56 Å². The third-order valence-corrected chi connectivity index (χ3v) is 5.48. The number of hydrogen-bond donors (Lipinski definition) is 2. The normalized spacial score (nSPS) is 16.7. The number of aliphatic hydroxyl groups is 1. The number of aliphatic hydroxyl groups excluding tert-OH is 1. The molecule has 0 unspecified atom stereocenters. The van der Waals surface area contributed by atoms with E-state index in [1.165, 1.54) is 0 Å². The van der Waals surface area contributed by atoms with Crippen molar-refractivity contribution in [3.63, 3.8) is 0 Å². The number of unbranched alkanes of at least 4 members (excludes halogenated alkanes) is 1. The highest BCUT2D eigenvalue weighted by Gasteiger charge is 2.46. The maximum absolute atomic E-state index is 13.2. The van der Waals surface area contributed by atoms with Crippen molar-refractivity contribution in [2.45, 2.75) is 32.2 Å². The van der Waals surface area contributed by atoms with E-state index in [-0.39, 0.29) is 29.1 Å². The van der Waals surface area contributed by atoms with Crippen LogP contribution in [0.2, 0.25) is 0 Å². The third kappa shape index (κ3) is 3.16. The molecule has 1 aliphatic carbocycles. The van der Waals surface area contributed by atoms with Crippen molar-refractivity contribution in [2.75, 3.05) is 26.9 Å². The molecule has 7 heteroatoms. The number of methoxy groups -OCH3 is 1. The van der Waals surface area contributed by atoms with E-state index in [2.05, 4.69) is 5.32 Å². The second-order valence-electron chi connectivity index (χ2n) is 7.46. The van der Waals surface area contributed by atoms with Crippen LogP contribution in [0.5, 0.6) is 11.5 Å². The van der Waals surface area contributed by atoms with Crippen molar-refractivity contribution < 1.29 is 19.4 Å². The van der Waals surface area contributed by atoms with Crippen LogP contribution in [0.3, 0.4) is 0 Å². The molecule has 144 valence electrons. The molecule has 1 aliphatic heterocycles. The Bertz CT molecular complexity index is 946. The standard InChI is InChI=1S/C20H24N2O5/c1-26-15-5-4-13-10-14(18(24)21-8-2-3-9-23)19(25)22-11-20(6-7-20)12-27-17(15)16(13)22/h4-5,10,23H,2-3,6-9,11-12H2,1H3,(H,21,24). The van der Waals surface area contributed by atoms with Crippen molar-refractivity contribution in [3.05, 3.63) is 34.1 Å². The van der Waals surface area contributed by atoms with E-state index in [1.54, 1.807) is 23.8 Å². The number of amides is 1. The minimum atomic E-state index is -0.379. The number of carbonyl (C=O) groups is 1. The average Bonchev–Trinajstić information content (AvgIpc) is 3.47. The lowest BCUT2D eigenvalue weighted by atomic mass is 10.1. The molecule has 1 fully saturated rings. The van der Waals surface area contributed by atoms with E-state index in [9.17, 15) is 9.59 Å². The predicted octanol–water partition coefficient (Wildman–Crippen LogP) is 1.68. The minimum absolute atomic E-state index is 0.0307. The second kappa shape index (κ2) is 6.88. The van der Waals surface area contributed by atoms with E-state index in [0.717, 1.165) is 18.2 Å². The highest BCUT2D eigenvalue weighted by molar-refractivity contribution is 5.99. The Morgan fingerprint density at radius 2 is 2.19 bits per heavy atom. The number of ether oxygens (including phenoxy) is 2. The van der Waals surface area contributed by atoms with Gasteiger partial charge in [0.15, 0.2) is 11.5 Å². The Hall–Kier alpha value is -2.54. The Morgan fingerprint density at radius 1 is 1.37 bits per heavy atom. The van der Waals surface area contributed by atoms with Crippen LogP contribution in [0, 0.1) is 5.41 Å². The number of rotatable bonds is 6. The number of benzene rings is 1. The molecule has 1 aromatic carbocycles. The molecule has 27 heavy (non-hydrogen) atoms. The first-order valence-corrected chi connectivity index (χ1v) is 9.35. The van der Waals surface area contributed by atoms with Gasteiger partial charge in [-0.2, -0.15) is 0 Å². The zero-order valence-corrected chi connectivity index (χ0v) is 15.4. The zero-order valence-electron chi connectivity index (χ0n) is 15.4. The SMILES string of the molecule is COc1ccc2cc(C(=O)NCCCCO)c(=O)n3c2c1OCC1(CC1)C3. The fraction of sp³-hybridized carbons (Fsp3) is 0.500. The zero-order chi connectivity index (χ0) is 19.0. The van der Waals surface area contributed by atoms with Gasteiger partial charge in [-0.05, 0) is 43.9 Å². The van der Waals surface area contributed by atoms with E-state index in [4.69, 9.17) is 14.6 Å². The molecule has 0 bridgehead atoms. The molecule has 4 rings (SSSR count). The molecule has 1 spiro atoms. The lowest BCUT2D eigenvalue weighted by molar-refractivity contribution is 0.0950. The van der Waals surface area contributed by atoms with Gasteiger partial charge < -0.3 is 24.5 Å². The number of pyridine rings is 1. The first kappa shape index (κ1) is 17.9. The molecule has 1 aromatic heterocycles. The van der Waals surface area contributed by atoms with E-state index < -0.39 is 0 Å². The third-order valence-electron chi connectivity index (χ3n) is 5.48. The summed E-state index contributed by atoms with van der Waals surface area (Å²) in [6, 6.07) is 5.29. The summed E-state index contributed by atoms with van der Waals surface area (Å²) in [5, 5.41) is 12.4. The van der Waals surface area contributed by atoms with Crippen molar-refractivity contribution in [1.82, 2.24) is 9.88 Å². The summed E-state index contributed by atoms with van der Waals surface area (Å²) < 4.78 is 13.2. The van der Waals surface area contributed by atoms with E-state index in [0.29, 0.717) is 49.6 Å². The summed E-state index contributed by atoms with van der Waals surface area (Å²) in [7, 11) is 1.58. The van der Waals surface area contributed by atoms with Crippen LogP contribution in [0.1, 0.15) is 36.0 Å². The maximum atomic E-state index is 13.2. The van der Waals surface area contributed by atoms with Crippen molar-refractivity contribution in [2.24, 2.45) is 5.41 Å². The van der Waals surface area contributed by atoms with Gasteiger partial charge in [0, 0.05) is 30.5 Å². The molecule has 0 saturated heterocycles. The molecule has 2 heterocycles. The van der Waals surface area contributed by atoms with Crippen LogP contribution in [0.25, 0.3) is 10.9 Å². The van der Waals surface area contributed by atoms with Crippen LogP contribution in [-0.4, -0.2) is 42.4 Å². The van der Waals surface area contributed by atoms with Crippen LogP contribution in [0.15, 0.2) is 23.0 Å². The molecule has 2 aromatic rings. The van der Waals surface area contributed by atoms with Crippen LogP contribution in [-0.2, 0) is 6.54 Å². The Balaban J connectivity index is 1.79. The Morgan fingerprint density at radius 3 is 2.89 bits per heavy atom. The molecule has 2 aliphatic rings. The van der Waals surface area contributed by atoms with Crippen molar-refractivity contribution in [3.8, 4) is 11.5 Å². The van der Waals surface area contributed by atoms with E-state index in [1.807, 2.05) is 6.07 Å². The first-order chi connectivity index (χ1) is 13.1. The average molecular weight is 372 g/mol. The lowest BCUT2D eigenvalue weighted by Gasteiger charge is -2.15. The summed E-state index contributed by atoms with van der Waals surface area (Å²) in [5.74, 6) is 0.788. The molecular weight excluding hydrogens is 348 g/mol. The summed E-state index contributed by atoms with van der Waals surface area (Å²) in [6.07, 6.45) is 3.30. The maximum Gasteiger partial charge on any atom is 0.264 e. The summed E-state index contributed by atoms with van der Waals surface area (Å²) in [4.78, 5) is 25.8. The summed E-state index contributed by atoms with van der Waals surface area (Å²) in [5.41, 5.74) is 0.505. The van der Waals surface area contributed by atoms with Gasteiger partial charge in [-0.15, -0.1) is 0 Å². The molecule has 1 amide bonds. The number of hydrogen-bond acceptors (Lipinski definition) is 5. The molecule has 0 atom stereocenters. The Kier molecular flexibility index (Phi) is 4.55. The van der Waals surface area contributed by atoms with E-state index >= 15 is 0 Å². The first-order valence-electron chi connectivity index (χ1n) is 9.35. The second-order valence-corrected chi connectivity index (χ2v) is 7.46. The van der Waals surface area contributed by atoms with Crippen LogP contribution >= 0.6 is 0 Å². The molecule has 2 N–H and O–H groups in total. The van der Waals surface area contributed by atoms with Gasteiger partial charge >= 0.3 is 0 Å². The summed E-state index contributed by atoms with van der Waals surface area (Å²) >= 11 is 0. The topological polar surface area (TPSA) is 89.8 Å². The fourth-order valence-electron chi connectivity index (χ4n) is 3.66. The minimum Gasteiger partial charge on any atom is -0.493 e. The van der Waals surface area contributed by atoms with Gasteiger partial charge in [0.2, 0.25) is 0 Å². The largest absolute Gasteiger partial charge is 0.493 e. The smallest absolute Gasteiger partial charge is 0.264 e. The van der Waals surface area contributed by atoms with Crippen LogP contribution < -0.4 is 20.3 Å². The predicted molar refractivity (Wildman–Crippen MR) is 101 cm³/mol. The Labute approximate surface area is 156 Å². The van der Waals surface area contributed by atoms with Gasteiger partial charge in [-0.25, -0.2) is 0 Å². The van der Waals surface area contributed by atoms with Crippen molar-refractivity contribution >= 4 is 16.8 Å². The number of aromatic nitrogens is 1. The highest BCUT2D eigenvalue weighted by Crippen LogP contribution is 2.50.